The number of pyridine rings is 1. The molecule has 1 atom stereocenters. The van der Waals surface area contributed by atoms with E-state index in [1.54, 1.807) is 0 Å². The maximum absolute atomic E-state index is 6.39. The summed E-state index contributed by atoms with van der Waals surface area (Å²) in [5, 5.41) is 0. The molecule has 2 rings (SSSR count). The normalized spacial score (nSPS) is 12.4. The molecule has 2 N–H and O–H groups in total. The van der Waals surface area contributed by atoms with Gasteiger partial charge in [0.05, 0.1) is 6.04 Å². The van der Waals surface area contributed by atoms with Crippen molar-refractivity contribution in [2.24, 2.45) is 5.73 Å². The van der Waals surface area contributed by atoms with Crippen molar-refractivity contribution in [3.8, 4) is 0 Å². The average Bonchev–Trinajstić information content (AvgIpc) is 2.37. The first-order valence-electron chi connectivity index (χ1n) is 6.89. The van der Waals surface area contributed by atoms with E-state index in [2.05, 4.69) is 48.3 Å². The van der Waals surface area contributed by atoms with Crippen molar-refractivity contribution < 1.29 is 0 Å². The molecule has 1 unspecified atom stereocenters. The van der Waals surface area contributed by atoms with E-state index in [4.69, 9.17) is 5.73 Å². The zero-order valence-corrected chi connectivity index (χ0v) is 12.0. The van der Waals surface area contributed by atoms with Crippen LogP contribution in [0.2, 0.25) is 0 Å². The molecular weight excluding hydrogens is 232 g/mol. The lowest BCUT2D eigenvalue weighted by Crippen LogP contribution is -2.13. The van der Waals surface area contributed by atoms with Gasteiger partial charge in [-0.25, -0.2) is 0 Å². The number of nitrogens with zero attached hydrogens (tertiary/aromatic N) is 1. The first-order chi connectivity index (χ1) is 9.10. The molecule has 1 aromatic heterocycles. The fraction of sp³-hybridized carbons (Fsp3) is 0.353. The minimum Gasteiger partial charge on any atom is -0.320 e. The Balaban J connectivity index is 2.32. The Morgan fingerprint density at radius 3 is 2.37 bits per heavy atom. The fourth-order valence-electron chi connectivity index (χ4n) is 2.47. The molecule has 0 fully saturated rings. The highest BCUT2D eigenvalue weighted by molar-refractivity contribution is 5.35. The Bertz CT molecular complexity index is 541. The number of aromatic nitrogens is 1. The van der Waals surface area contributed by atoms with Gasteiger partial charge in [-0.1, -0.05) is 37.6 Å². The van der Waals surface area contributed by atoms with Gasteiger partial charge in [0.1, 0.15) is 0 Å². The summed E-state index contributed by atoms with van der Waals surface area (Å²) in [6.07, 6.45) is 2.27. The Morgan fingerprint density at radius 2 is 1.74 bits per heavy atom. The quantitative estimate of drug-likeness (QED) is 0.903. The van der Waals surface area contributed by atoms with E-state index in [0.717, 1.165) is 29.8 Å². The highest BCUT2D eigenvalue weighted by atomic mass is 14.7. The molecule has 0 saturated heterocycles. The summed E-state index contributed by atoms with van der Waals surface area (Å²) in [5.74, 6) is 0. The lowest BCUT2D eigenvalue weighted by Gasteiger charge is -2.15. The van der Waals surface area contributed by atoms with Crippen molar-refractivity contribution in [1.29, 1.82) is 0 Å². The summed E-state index contributed by atoms with van der Waals surface area (Å²) in [5.41, 5.74) is 12.1. The molecule has 0 aliphatic carbocycles. The molecule has 0 amide bonds. The minimum absolute atomic E-state index is 0.0720. The number of benzene rings is 1. The van der Waals surface area contributed by atoms with Crippen molar-refractivity contribution in [3.05, 3.63) is 64.5 Å². The monoisotopic (exact) mass is 254 g/mol. The molecule has 0 spiro atoms. The van der Waals surface area contributed by atoms with Crippen LogP contribution >= 0.6 is 0 Å². The second-order valence-electron chi connectivity index (χ2n) is 5.16. The van der Waals surface area contributed by atoms with Crippen LogP contribution in [0, 0.1) is 13.8 Å². The van der Waals surface area contributed by atoms with E-state index in [9.17, 15) is 0 Å². The number of hydrogen-bond acceptors (Lipinski definition) is 2. The van der Waals surface area contributed by atoms with Crippen LogP contribution in [-0.4, -0.2) is 4.98 Å². The molecule has 0 bridgehead atoms. The van der Waals surface area contributed by atoms with Crippen molar-refractivity contribution in [2.45, 2.75) is 39.7 Å². The summed E-state index contributed by atoms with van der Waals surface area (Å²) in [7, 11) is 0. The molecule has 0 saturated carbocycles. The standard InChI is InChI=1S/C17H22N2/c1-4-6-14-7-5-8-15(11-14)17(18)16-9-12(2)19-13(3)10-16/h5,7-11,17H,4,6,18H2,1-3H3. The SMILES string of the molecule is CCCc1cccc(C(N)c2cc(C)nc(C)c2)c1. The molecule has 2 nitrogen and oxygen atoms in total. The van der Waals surface area contributed by atoms with Crippen LogP contribution in [0.25, 0.3) is 0 Å². The van der Waals surface area contributed by atoms with Gasteiger partial charge >= 0.3 is 0 Å². The third-order valence-electron chi connectivity index (χ3n) is 3.31. The van der Waals surface area contributed by atoms with Gasteiger partial charge in [-0.15, -0.1) is 0 Å². The first-order valence-corrected chi connectivity index (χ1v) is 6.89. The van der Waals surface area contributed by atoms with Crippen molar-refractivity contribution >= 4 is 0 Å². The summed E-state index contributed by atoms with van der Waals surface area (Å²) < 4.78 is 0. The Labute approximate surface area is 115 Å². The third kappa shape index (κ3) is 3.42. The third-order valence-corrected chi connectivity index (χ3v) is 3.31. The molecule has 0 aliphatic heterocycles. The summed E-state index contributed by atoms with van der Waals surface area (Å²) in [6.45, 7) is 6.22. The molecule has 1 heterocycles. The van der Waals surface area contributed by atoms with Crippen LogP contribution < -0.4 is 5.73 Å². The van der Waals surface area contributed by atoms with E-state index < -0.39 is 0 Å². The van der Waals surface area contributed by atoms with Gasteiger partial charge in [0, 0.05) is 11.4 Å². The second-order valence-corrected chi connectivity index (χ2v) is 5.16. The Kier molecular flexibility index (Phi) is 4.33. The zero-order valence-electron chi connectivity index (χ0n) is 12.0. The molecule has 19 heavy (non-hydrogen) atoms. The van der Waals surface area contributed by atoms with Gasteiger partial charge in [0.2, 0.25) is 0 Å². The van der Waals surface area contributed by atoms with E-state index in [1.165, 1.54) is 11.1 Å². The number of hydrogen-bond donors (Lipinski definition) is 1. The van der Waals surface area contributed by atoms with Gasteiger partial charge < -0.3 is 5.73 Å². The van der Waals surface area contributed by atoms with Gasteiger partial charge in [-0.05, 0) is 49.1 Å². The Hall–Kier alpha value is -1.67. The second kappa shape index (κ2) is 5.98. The molecule has 2 aromatic rings. The summed E-state index contributed by atoms with van der Waals surface area (Å²) in [6, 6.07) is 12.7. The van der Waals surface area contributed by atoms with Crippen LogP contribution in [0.15, 0.2) is 36.4 Å². The predicted molar refractivity (Wildman–Crippen MR) is 80.2 cm³/mol. The molecular formula is C17H22N2. The fourth-order valence-corrected chi connectivity index (χ4v) is 2.47. The van der Waals surface area contributed by atoms with Gasteiger partial charge in [-0.3, -0.25) is 4.98 Å². The largest absolute Gasteiger partial charge is 0.320 e. The van der Waals surface area contributed by atoms with Gasteiger partial charge in [-0.2, -0.15) is 0 Å². The molecule has 0 radical (unpaired) electrons. The van der Waals surface area contributed by atoms with E-state index in [0.29, 0.717) is 0 Å². The molecule has 1 aromatic carbocycles. The van der Waals surface area contributed by atoms with Crippen LogP contribution in [0.4, 0.5) is 0 Å². The van der Waals surface area contributed by atoms with Crippen molar-refractivity contribution in [2.75, 3.05) is 0 Å². The maximum atomic E-state index is 6.39. The van der Waals surface area contributed by atoms with Crippen molar-refractivity contribution in [3.63, 3.8) is 0 Å². The van der Waals surface area contributed by atoms with Crippen molar-refractivity contribution in [1.82, 2.24) is 4.98 Å². The smallest absolute Gasteiger partial charge is 0.0553 e. The Morgan fingerprint density at radius 1 is 1.05 bits per heavy atom. The van der Waals surface area contributed by atoms with E-state index >= 15 is 0 Å². The van der Waals surface area contributed by atoms with Crippen LogP contribution in [-0.2, 0) is 6.42 Å². The van der Waals surface area contributed by atoms with Crippen LogP contribution in [0.1, 0.15) is 47.5 Å². The maximum Gasteiger partial charge on any atom is 0.0553 e. The molecule has 2 heteroatoms. The lowest BCUT2D eigenvalue weighted by molar-refractivity contribution is 0.849. The minimum atomic E-state index is -0.0720. The first kappa shape index (κ1) is 13.8. The van der Waals surface area contributed by atoms with Crippen LogP contribution in [0.3, 0.4) is 0 Å². The zero-order chi connectivity index (χ0) is 13.8. The van der Waals surface area contributed by atoms with Gasteiger partial charge in [0.15, 0.2) is 0 Å². The number of rotatable bonds is 4. The average molecular weight is 254 g/mol. The van der Waals surface area contributed by atoms with Gasteiger partial charge in [0.25, 0.3) is 0 Å². The molecule has 0 aliphatic rings. The number of nitrogens with two attached hydrogens (primary N) is 1. The van der Waals surface area contributed by atoms with E-state index in [1.807, 2.05) is 13.8 Å². The molecule has 100 valence electrons. The highest BCUT2D eigenvalue weighted by Crippen LogP contribution is 2.22. The predicted octanol–water partition coefficient (Wildman–Crippen LogP) is 3.70. The highest BCUT2D eigenvalue weighted by Gasteiger charge is 2.10. The summed E-state index contributed by atoms with van der Waals surface area (Å²) in [4.78, 5) is 4.40. The topological polar surface area (TPSA) is 38.9 Å². The lowest BCUT2D eigenvalue weighted by atomic mass is 9.96. The van der Waals surface area contributed by atoms with Crippen LogP contribution in [0.5, 0.6) is 0 Å². The summed E-state index contributed by atoms with van der Waals surface area (Å²) >= 11 is 0. The van der Waals surface area contributed by atoms with E-state index in [-0.39, 0.29) is 6.04 Å². The number of aryl methyl sites for hydroxylation is 3.